The molecule has 1 aromatic carbocycles. The van der Waals surface area contributed by atoms with Crippen molar-refractivity contribution < 1.29 is 4.74 Å². The van der Waals surface area contributed by atoms with Gasteiger partial charge in [0, 0.05) is 49.7 Å². The molecule has 0 aliphatic carbocycles. The Bertz CT molecular complexity index is 869. The summed E-state index contributed by atoms with van der Waals surface area (Å²) in [5.41, 5.74) is 2.25. The minimum atomic E-state index is 0.671. The normalized spacial score (nSPS) is 15.0. The second-order valence-corrected chi connectivity index (χ2v) is 6.11. The Kier molecular flexibility index (Phi) is 4.13. The zero-order valence-corrected chi connectivity index (χ0v) is 14.6. The van der Waals surface area contributed by atoms with Crippen LogP contribution in [0, 0.1) is 0 Å². The topological polar surface area (TPSA) is 58.8 Å². The quantitative estimate of drug-likeness (QED) is 0.725. The van der Waals surface area contributed by atoms with Gasteiger partial charge in [-0.2, -0.15) is 14.6 Å². The average Bonchev–Trinajstić information content (AvgIpc) is 3.16. The van der Waals surface area contributed by atoms with Gasteiger partial charge >= 0.3 is 0 Å². The van der Waals surface area contributed by atoms with Crippen molar-refractivity contribution in [2.75, 3.05) is 43.1 Å². The van der Waals surface area contributed by atoms with Gasteiger partial charge in [-0.3, -0.25) is 0 Å². The Labute approximate surface area is 146 Å². The molecule has 130 valence electrons. The van der Waals surface area contributed by atoms with Gasteiger partial charge in [0.05, 0.1) is 7.11 Å². The maximum Gasteiger partial charge on any atom is 0.254 e. The van der Waals surface area contributed by atoms with Gasteiger partial charge in [-0.15, -0.1) is 0 Å². The standard InChI is InChI=1S/C18H22N6O/c1-3-14-11-17(24-18(21-14)19-13-20-24)23-9-7-22(8-10-23)15-5-4-6-16(12-15)25-2/h4-6,11-13H,3,7-10H2,1-2H3. The van der Waals surface area contributed by atoms with Crippen molar-refractivity contribution in [2.45, 2.75) is 13.3 Å². The Balaban J connectivity index is 1.55. The molecule has 0 spiro atoms. The number of piperazine rings is 1. The van der Waals surface area contributed by atoms with Gasteiger partial charge in [0.1, 0.15) is 17.9 Å². The third-order valence-electron chi connectivity index (χ3n) is 4.67. The highest BCUT2D eigenvalue weighted by atomic mass is 16.5. The molecule has 0 radical (unpaired) electrons. The van der Waals surface area contributed by atoms with Crippen LogP contribution in [0.2, 0.25) is 0 Å². The first kappa shape index (κ1) is 15.7. The molecule has 3 heterocycles. The van der Waals surface area contributed by atoms with Crippen LogP contribution in [-0.2, 0) is 6.42 Å². The minimum Gasteiger partial charge on any atom is -0.497 e. The van der Waals surface area contributed by atoms with Crippen LogP contribution in [0.25, 0.3) is 5.78 Å². The lowest BCUT2D eigenvalue weighted by Gasteiger charge is -2.37. The molecular formula is C18H22N6O. The molecule has 0 bridgehead atoms. The molecule has 25 heavy (non-hydrogen) atoms. The summed E-state index contributed by atoms with van der Waals surface area (Å²) in [6.45, 7) is 5.87. The molecule has 7 heteroatoms. The number of rotatable bonds is 4. The van der Waals surface area contributed by atoms with E-state index in [9.17, 15) is 0 Å². The molecule has 0 saturated carbocycles. The zero-order valence-electron chi connectivity index (χ0n) is 14.6. The number of methoxy groups -OCH3 is 1. The lowest BCUT2D eigenvalue weighted by Crippen LogP contribution is -2.47. The van der Waals surface area contributed by atoms with E-state index in [1.165, 1.54) is 5.69 Å². The zero-order chi connectivity index (χ0) is 17.2. The van der Waals surface area contributed by atoms with Crippen molar-refractivity contribution in [3.05, 3.63) is 42.4 Å². The predicted octanol–water partition coefficient (Wildman–Crippen LogP) is 2.02. The van der Waals surface area contributed by atoms with Crippen molar-refractivity contribution in [1.29, 1.82) is 0 Å². The number of aromatic nitrogens is 4. The van der Waals surface area contributed by atoms with Gasteiger partial charge in [-0.1, -0.05) is 13.0 Å². The van der Waals surface area contributed by atoms with Crippen molar-refractivity contribution >= 4 is 17.3 Å². The van der Waals surface area contributed by atoms with Gasteiger partial charge in [0.2, 0.25) is 0 Å². The van der Waals surface area contributed by atoms with E-state index in [-0.39, 0.29) is 0 Å². The summed E-state index contributed by atoms with van der Waals surface area (Å²) in [5, 5.41) is 4.34. The van der Waals surface area contributed by atoms with Crippen LogP contribution in [0.15, 0.2) is 36.7 Å². The number of fused-ring (bicyclic) bond motifs is 1. The minimum absolute atomic E-state index is 0.671. The SMILES string of the molecule is CCc1cc(N2CCN(c3cccc(OC)c3)CC2)n2ncnc2n1. The monoisotopic (exact) mass is 338 g/mol. The van der Waals surface area contributed by atoms with E-state index >= 15 is 0 Å². The molecule has 0 unspecified atom stereocenters. The van der Waals surface area contributed by atoms with Gasteiger partial charge in [0.25, 0.3) is 5.78 Å². The fourth-order valence-corrected chi connectivity index (χ4v) is 3.25. The lowest BCUT2D eigenvalue weighted by molar-refractivity contribution is 0.414. The lowest BCUT2D eigenvalue weighted by atomic mass is 10.2. The molecule has 4 rings (SSSR count). The first-order valence-electron chi connectivity index (χ1n) is 8.62. The summed E-state index contributed by atoms with van der Waals surface area (Å²) >= 11 is 0. The van der Waals surface area contributed by atoms with Crippen LogP contribution in [0.1, 0.15) is 12.6 Å². The van der Waals surface area contributed by atoms with Crippen LogP contribution in [0.3, 0.4) is 0 Å². The second-order valence-electron chi connectivity index (χ2n) is 6.11. The van der Waals surface area contributed by atoms with Crippen molar-refractivity contribution in [3.8, 4) is 5.75 Å². The summed E-state index contributed by atoms with van der Waals surface area (Å²) in [6, 6.07) is 10.4. The van der Waals surface area contributed by atoms with Crippen LogP contribution >= 0.6 is 0 Å². The number of anilines is 2. The number of benzene rings is 1. The van der Waals surface area contributed by atoms with Crippen LogP contribution in [-0.4, -0.2) is 52.9 Å². The molecular weight excluding hydrogens is 316 g/mol. The third-order valence-corrected chi connectivity index (χ3v) is 4.67. The summed E-state index contributed by atoms with van der Waals surface area (Å²) in [7, 11) is 1.70. The predicted molar refractivity (Wildman–Crippen MR) is 97.6 cm³/mol. The van der Waals surface area contributed by atoms with E-state index in [4.69, 9.17) is 4.74 Å². The fraction of sp³-hybridized carbons (Fsp3) is 0.389. The van der Waals surface area contributed by atoms with Gasteiger partial charge < -0.3 is 14.5 Å². The smallest absolute Gasteiger partial charge is 0.254 e. The molecule has 7 nitrogen and oxygen atoms in total. The molecule has 1 aliphatic rings. The molecule has 1 fully saturated rings. The molecule has 0 N–H and O–H groups in total. The number of hydrogen-bond acceptors (Lipinski definition) is 6. The largest absolute Gasteiger partial charge is 0.497 e. The molecule has 0 atom stereocenters. The Morgan fingerprint density at radius 3 is 2.64 bits per heavy atom. The van der Waals surface area contributed by atoms with Gasteiger partial charge in [-0.05, 0) is 18.6 Å². The fourth-order valence-electron chi connectivity index (χ4n) is 3.25. The number of hydrogen-bond donors (Lipinski definition) is 0. The summed E-state index contributed by atoms with van der Waals surface area (Å²) in [5.74, 6) is 2.64. The average molecular weight is 338 g/mol. The summed E-state index contributed by atoms with van der Waals surface area (Å²) in [6.07, 6.45) is 2.46. The van der Waals surface area contributed by atoms with Crippen molar-refractivity contribution in [1.82, 2.24) is 19.6 Å². The van der Waals surface area contributed by atoms with Crippen LogP contribution in [0.4, 0.5) is 11.5 Å². The molecule has 1 aliphatic heterocycles. The summed E-state index contributed by atoms with van der Waals surface area (Å²) in [4.78, 5) is 13.5. The number of ether oxygens (including phenoxy) is 1. The van der Waals surface area contributed by atoms with E-state index in [1.807, 2.05) is 16.6 Å². The van der Waals surface area contributed by atoms with E-state index in [2.05, 4.69) is 50.0 Å². The first-order valence-corrected chi connectivity index (χ1v) is 8.62. The molecule has 2 aromatic heterocycles. The van der Waals surface area contributed by atoms with E-state index in [1.54, 1.807) is 13.4 Å². The number of nitrogens with zero attached hydrogens (tertiary/aromatic N) is 6. The second kappa shape index (κ2) is 6.58. The Morgan fingerprint density at radius 2 is 1.88 bits per heavy atom. The maximum atomic E-state index is 5.34. The van der Waals surface area contributed by atoms with E-state index in [0.29, 0.717) is 5.78 Å². The van der Waals surface area contributed by atoms with E-state index < -0.39 is 0 Å². The van der Waals surface area contributed by atoms with Gasteiger partial charge in [-0.25, -0.2) is 4.98 Å². The summed E-state index contributed by atoms with van der Waals surface area (Å²) < 4.78 is 7.17. The Morgan fingerprint density at radius 1 is 1.08 bits per heavy atom. The number of aryl methyl sites for hydroxylation is 1. The highest BCUT2D eigenvalue weighted by molar-refractivity contribution is 5.54. The highest BCUT2D eigenvalue weighted by Gasteiger charge is 2.21. The van der Waals surface area contributed by atoms with Crippen LogP contribution < -0.4 is 14.5 Å². The van der Waals surface area contributed by atoms with Gasteiger partial charge in [0.15, 0.2) is 0 Å². The molecule has 3 aromatic rings. The third kappa shape index (κ3) is 2.97. The first-order chi connectivity index (χ1) is 12.3. The highest BCUT2D eigenvalue weighted by Crippen LogP contribution is 2.24. The van der Waals surface area contributed by atoms with E-state index in [0.717, 1.165) is 49.9 Å². The van der Waals surface area contributed by atoms with Crippen molar-refractivity contribution in [3.63, 3.8) is 0 Å². The molecule has 1 saturated heterocycles. The maximum absolute atomic E-state index is 5.34. The van der Waals surface area contributed by atoms with Crippen LogP contribution in [0.5, 0.6) is 5.75 Å². The van der Waals surface area contributed by atoms with Crippen molar-refractivity contribution in [2.24, 2.45) is 0 Å². The Hall–Kier alpha value is -2.83. The molecule has 0 amide bonds.